The average molecular weight is 234 g/mol. The van der Waals surface area contributed by atoms with Crippen LogP contribution in [-0.2, 0) is 4.79 Å². The van der Waals surface area contributed by atoms with Crippen LogP contribution in [0, 0.1) is 11.3 Å². The van der Waals surface area contributed by atoms with E-state index in [4.69, 9.17) is 0 Å². The number of carbonyl (C=O) groups is 1. The van der Waals surface area contributed by atoms with E-state index >= 15 is 0 Å². The highest BCUT2D eigenvalue weighted by Gasteiger charge is 2.56. The normalized spacial score (nSPS) is 34.1. The summed E-state index contributed by atoms with van der Waals surface area (Å²) in [4.78, 5) is 14.1. The molecule has 1 aliphatic carbocycles. The van der Waals surface area contributed by atoms with Gasteiger partial charge in [0.05, 0.1) is 5.54 Å². The van der Waals surface area contributed by atoms with E-state index in [1.807, 2.05) is 25.2 Å². The molecule has 1 N–H and O–H groups in total. The van der Waals surface area contributed by atoms with Crippen molar-refractivity contribution < 1.29 is 4.79 Å². The van der Waals surface area contributed by atoms with Crippen molar-refractivity contribution in [2.24, 2.45) is 11.3 Å². The summed E-state index contributed by atoms with van der Waals surface area (Å²) >= 11 is 0. The second kappa shape index (κ2) is 3.62. The van der Waals surface area contributed by atoms with Crippen molar-refractivity contribution in [2.45, 2.75) is 32.7 Å². The highest BCUT2D eigenvalue weighted by molar-refractivity contribution is 5.98. The maximum atomic E-state index is 12.1. The van der Waals surface area contributed by atoms with Crippen molar-refractivity contribution in [3.05, 3.63) is 23.9 Å². The Morgan fingerprint density at radius 3 is 2.65 bits per heavy atom. The first-order valence-electron chi connectivity index (χ1n) is 6.16. The van der Waals surface area contributed by atoms with E-state index < -0.39 is 0 Å². The van der Waals surface area contributed by atoms with E-state index in [1.165, 1.54) is 0 Å². The zero-order chi connectivity index (χ0) is 12.8. The fourth-order valence-corrected chi connectivity index (χ4v) is 3.00. The minimum atomic E-state index is -0.202. The molecule has 0 bridgehead atoms. The highest BCUT2D eigenvalue weighted by Crippen LogP contribution is 2.50. The van der Waals surface area contributed by atoms with Gasteiger partial charge in [-0.15, -0.1) is 0 Å². The number of amides is 1. The number of nitrogens with one attached hydrogen (secondary N) is 1. The Kier molecular flexibility index (Phi) is 2.60. The Morgan fingerprint density at radius 1 is 1.47 bits per heavy atom. The first-order valence-corrected chi connectivity index (χ1v) is 6.16. The fraction of sp³-hybridized carbons (Fsp3) is 0.643. The molecule has 1 aliphatic heterocycles. The van der Waals surface area contributed by atoms with Gasteiger partial charge in [0, 0.05) is 31.8 Å². The molecule has 0 radical (unpaired) electrons. The van der Waals surface area contributed by atoms with Gasteiger partial charge in [0.2, 0.25) is 5.91 Å². The van der Waals surface area contributed by atoms with Crippen LogP contribution in [0.15, 0.2) is 23.9 Å². The van der Waals surface area contributed by atoms with Crippen molar-refractivity contribution in [1.29, 1.82) is 0 Å². The minimum absolute atomic E-state index is 0.0300. The maximum Gasteiger partial charge on any atom is 0.249 e. The van der Waals surface area contributed by atoms with Crippen LogP contribution in [0.25, 0.3) is 0 Å². The molecule has 0 saturated carbocycles. The number of hydrogen-bond acceptors (Lipinski definition) is 2. The Labute approximate surface area is 104 Å². The predicted octanol–water partition coefficient (Wildman–Crippen LogP) is 1.92. The molecule has 0 aromatic rings. The summed E-state index contributed by atoms with van der Waals surface area (Å²) in [6.45, 7) is 6.57. The zero-order valence-electron chi connectivity index (χ0n) is 11.4. The summed E-state index contributed by atoms with van der Waals surface area (Å²) in [6.07, 6.45) is 7.29. The third kappa shape index (κ3) is 1.68. The molecule has 94 valence electrons. The third-order valence-corrected chi connectivity index (χ3v) is 3.90. The van der Waals surface area contributed by atoms with Crippen LogP contribution in [0.1, 0.15) is 27.2 Å². The van der Waals surface area contributed by atoms with Gasteiger partial charge in [-0.3, -0.25) is 4.79 Å². The lowest BCUT2D eigenvalue weighted by atomic mass is 9.68. The first kappa shape index (κ1) is 12.2. The van der Waals surface area contributed by atoms with Gasteiger partial charge in [-0.2, -0.15) is 0 Å². The lowest BCUT2D eigenvalue weighted by molar-refractivity contribution is -0.117. The van der Waals surface area contributed by atoms with Crippen molar-refractivity contribution in [3.8, 4) is 0 Å². The minimum Gasteiger partial charge on any atom is -0.383 e. The topological polar surface area (TPSA) is 32.3 Å². The van der Waals surface area contributed by atoms with E-state index in [0.717, 1.165) is 12.0 Å². The smallest absolute Gasteiger partial charge is 0.249 e. The first-order chi connectivity index (χ1) is 7.78. The average Bonchev–Trinajstić information content (AvgIpc) is 2.65. The fourth-order valence-electron chi connectivity index (χ4n) is 3.00. The van der Waals surface area contributed by atoms with Gasteiger partial charge in [-0.1, -0.05) is 32.9 Å². The quantitative estimate of drug-likeness (QED) is 0.555. The van der Waals surface area contributed by atoms with Crippen LogP contribution in [0.3, 0.4) is 0 Å². The predicted molar refractivity (Wildman–Crippen MR) is 69.3 cm³/mol. The largest absolute Gasteiger partial charge is 0.383 e. The molecule has 1 amide bonds. The molecule has 1 heterocycles. The summed E-state index contributed by atoms with van der Waals surface area (Å²) < 4.78 is 0. The Morgan fingerprint density at radius 2 is 2.12 bits per heavy atom. The van der Waals surface area contributed by atoms with E-state index in [-0.39, 0.29) is 22.8 Å². The van der Waals surface area contributed by atoms with Gasteiger partial charge >= 0.3 is 0 Å². The summed E-state index contributed by atoms with van der Waals surface area (Å²) in [6, 6.07) is 0. The van der Waals surface area contributed by atoms with E-state index in [0.29, 0.717) is 0 Å². The summed E-state index contributed by atoms with van der Waals surface area (Å²) in [5.74, 6) is 0.361. The Bertz CT molecular complexity index is 401. The van der Waals surface area contributed by atoms with E-state index in [2.05, 4.69) is 38.2 Å². The molecule has 2 unspecified atom stereocenters. The maximum absolute atomic E-state index is 12.1. The third-order valence-electron chi connectivity index (χ3n) is 3.90. The molecular formula is C14H22N2O. The molecule has 1 fully saturated rings. The lowest BCUT2D eigenvalue weighted by Crippen LogP contribution is -2.52. The zero-order valence-corrected chi connectivity index (χ0v) is 11.4. The van der Waals surface area contributed by atoms with E-state index in [1.54, 1.807) is 0 Å². The Balaban J connectivity index is 2.45. The molecule has 0 aromatic carbocycles. The number of rotatable bonds is 1. The second-order valence-corrected chi connectivity index (χ2v) is 6.31. The number of hydrogen-bond donors (Lipinski definition) is 1. The van der Waals surface area contributed by atoms with Crippen molar-refractivity contribution in [2.75, 3.05) is 14.1 Å². The molecule has 2 rings (SSSR count). The second-order valence-electron chi connectivity index (χ2n) is 6.31. The summed E-state index contributed by atoms with van der Waals surface area (Å²) in [7, 11) is 3.92. The molecular weight excluding hydrogens is 212 g/mol. The number of allylic oxidation sites excluding steroid dienone is 1. The van der Waals surface area contributed by atoms with E-state index in [9.17, 15) is 4.79 Å². The molecule has 3 nitrogen and oxygen atoms in total. The van der Waals surface area contributed by atoms with Crippen molar-refractivity contribution in [3.63, 3.8) is 0 Å². The monoisotopic (exact) mass is 234 g/mol. The van der Waals surface area contributed by atoms with Gasteiger partial charge in [-0.25, -0.2) is 0 Å². The van der Waals surface area contributed by atoms with Crippen LogP contribution in [-0.4, -0.2) is 30.4 Å². The molecule has 2 aliphatic rings. The van der Waals surface area contributed by atoms with Crippen LogP contribution >= 0.6 is 0 Å². The highest BCUT2D eigenvalue weighted by atomic mass is 16.2. The molecule has 3 heteroatoms. The van der Waals surface area contributed by atoms with Gasteiger partial charge in [0.15, 0.2) is 0 Å². The molecule has 0 spiro atoms. The van der Waals surface area contributed by atoms with Crippen LogP contribution in [0.4, 0.5) is 0 Å². The number of nitrogens with zero attached hydrogens (tertiary/aromatic N) is 1. The lowest BCUT2D eigenvalue weighted by Gasteiger charge is -2.41. The van der Waals surface area contributed by atoms with Crippen LogP contribution < -0.4 is 5.32 Å². The molecule has 0 aromatic heterocycles. The van der Waals surface area contributed by atoms with Crippen LogP contribution in [0.2, 0.25) is 0 Å². The summed E-state index contributed by atoms with van der Waals surface area (Å²) in [5, 5.41) is 3.20. The molecule has 1 saturated heterocycles. The van der Waals surface area contributed by atoms with Crippen LogP contribution in [0.5, 0.6) is 0 Å². The van der Waals surface area contributed by atoms with Crippen molar-refractivity contribution >= 4 is 5.91 Å². The van der Waals surface area contributed by atoms with Crippen molar-refractivity contribution in [1.82, 2.24) is 10.2 Å². The molecule has 2 atom stereocenters. The van der Waals surface area contributed by atoms with Gasteiger partial charge in [0.25, 0.3) is 0 Å². The SMILES string of the molecule is CN(C)C=C1C(=O)NC2(C(C)(C)C)C=CCC12. The van der Waals surface area contributed by atoms with Gasteiger partial charge in [0.1, 0.15) is 0 Å². The standard InChI is InChI=1S/C14H22N2O/c1-13(2,3)14-8-6-7-11(14)10(9-16(4)5)12(17)15-14/h6,8-9,11H,7H2,1-5H3,(H,15,17). The summed E-state index contributed by atoms with van der Waals surface area (Å²) in [5.41, 5.74) is 0.740. The van der Waals surface area contributed by atoms with Gasteiger partial charge in [-0.05, 0) is 11.8 Å². The number of carbonyl (C=O) groups excluding carboxylic acids is 1. The molecule has 17 heavy (non-hydrogen) atoms. The number of fused-ring (bicyclic) bond motifs is 1. The van der Waals surface area contributed by atoms with Gasteiger partial charge < -0.3 is 10.2 Å². The Hall–Kier alpha value is -1.25.